The fourth-order valence-corrected chi connectivity index (χ4v) is 6.24. The average molecular weight is 515 g/mol. The van der Waals surface area contributed by atoms with Gasteiger partial charge in [-0.05, 0) is 62.7 Å². The van der Waals surface area contributed by atoms with Crippen LogP contribution in [0.5, 0.6) is 0 Å². The first-order valence-corrected chi connectivity index (χ1v) is 14.3. The number of carbonyl (C=O) groups is 1. The number of rotatable bonds is 3. The molecule has 3 unspecified atom stereocenters. The summed E-state index contributed by atoms with van der Waals surface area (Å²) in [5.41, 5.74) is 1.01. The molecule has 0 aromatic heterocycles. The monoisotopic (exact) mass is 514 g/mol. The number of carbonyl (C=O) groups excluding carboxylic acids is 1. The lowest BCUT2D eigenvalue weighted by Crippen LogP contribution is -2.32. The molecule has 2 fully saturated rings. The van der Waals surface area contributed by atoms with Gasteiger partial charge in [0.25, 0.3) is 0 Å². The van der Waals surface area contributed by atoms with Crippen molar-refractivity contribution in [3.05, 3.63) is 48.6 Å². The molecule has 37 heavy (non-hydrogen) atoms. The minimum atomic E-state index is -0.927. The van der Waals surface area contributed by atoms with Gasteiger partial charge in [0.05, 0.1) is 24.4 Å². The Labute approximate surface area is 222 Å². The molecule has 2 N–H and O–H groups in total. The van der Waals surface area contributed by atoms with Crippen molar-refractivity contribution >= 4 is 5.97 Å². The molecular formula is C31H46O6. The van der Waals surface area contributed by atoms with Gasteiger partial charge < -0.3 is 24.4 Å². The second kappa shape index (κ2) is 13.4. The number of ether oxygens (including phenoxy) is 3. The van der Waals surface area contributed by atoms with E-state index in [9.17, 15) is 15.0 Å². The molecule has 0 spiro atoms. The summed E-state index contributed by atoms with van der Waals surface area (Å²) in [6.45, 7) is 8.68. The molecule has 4 rings (SSSR count). The zero-order valence-electron chi connectivity index (χ0n) is 22.5. The fourth-order valence-electron chi connectivity index (χ4n) is 6.24. The Morgan fingerprint density at radius 3 is 2.70 bits per heavy atom. The van der Waals surface area contributed by atoms with Crippen molar-refractivity contribution in [3.8, 4) is 0 Å². The number of fused-ring (bicyclic) bond motifs is 3. The number of hydrogen-bond acceptors (Lipinski definition) is 6. The normalized spacial score (nSPS) is 40.9. The molecule has 6 nitrogen and oxygen atoms in total. The Kier molecular flexibility index (Phi) is 10.2. The molecule has 4 aliphatic rings. The van der Waals surface area contributed by atoms with Gasteiger partial charge in [0.15, 0.2) is 0 Å². The predicted molar refractivity (Wildman–Crippen MR) is 144 cm³/mol. The number of allylic oxidation sites excluding steroid dienone is 1. The summed E-state index contributed by atoms with van der Waals surface area (Å²) in [5, 5.41) is 21.8. The Morgan fingerprint density at radius 2 is 1.89 bits per heavy atom. The Bertz CT molecular complexity index is 862. The summed E-state index contributed by atoms with van der Waals surface area (Å²) in [4.78, 5) is 12.7. The van der Waals surface area contributed by atoms with Gasteiger partial charge in [0.1, 0.15) is 18.3 Å². The maximum Gasteiger partial charge on any atom is 0.330 e. The van der Waals surface area contributed by atoms with E-state index < -0.39 is 24.3 Å². The van der Waals surface area contributed by atoms with Crippen molar-refractivity contribution in [1.29, 1.82) is 0 Å². The van der Waals surface area contributed by atoms with E-state index in [1.165, 1.54) is 18.9 Å². The molecule has 2 bridgehead atoms. The highest BCUT2D eigenvalue weighted by atomic mass is 16.6. The van der Waals surface area contributed by atoms with E-state index in [2.05, 4.69) is 38.7 Å². The van der Waals surface area contributed by atoms with Crippen molar-refractivity contribution in [2.75, 3.05) is 0 Å². The van der Waals surface area contributed by atoms with E-state index in [0.717, 1.165) is 37.7 Å². The van der Waals surface area contributed by atoms with Crippen LogP contribution in [0.4, 0.5) is 0 Å². The van der Waals surface area contributed by atoms with Crippen molar-refractivity contribution < 1.29 is 29.2 Å². The Hall–Kier alpha value is -1.73. The molecule has 0 radical (unpaired) electrons. The van der Waals surface area contributed by atoms with Gasteiger partial charge >= 0.3 is 5.97 Å². The van der Waals surface area contributed by atoms with Crippen molar-refractivity contribution in [2.24, 2.45) is 17.8 Å². The van der Waals surface area contributed by atoms with Gasteiger partial charge in [-0.15, -0.1) is 0 Å². The average Bonchev–Trinajstić information content (AvgIpc) is 3.61. The van der Waals surface area contributed by atoms with Crippen LogP contribution in [0.25, 0.3) is 0 Å². The van der Waals surface area contributed by atoms with Gasteiger partial charge in [-0.25, -0.2) is 4.79 Å². The summed E-state index contributed by atoms with van der Waals surface area (Å²) in [6.07, 6.45) is 17.2. The lowest BCUT2D eigenvalue weighted by Gasteiger charge is -2.28. The molecule has 6 heteroatoms. The summed E-state index contributed by atoms with van der Waals surface area (Å²) in [7, 11) is 0. The number of hydrogen-bond donors (Lipinski definition) is 2. The van der Waals surface area contributed by atoms with Crippen LogP contribution in [0, 0.1) is 17.8 Å². The van der Waals surface area contributed by atoms with E-state index >= 15 is 0 Å². The summed E-state index contributed by atoms with van der Waals surface area (Å²) >= 11 is 0. The summed E-state index contributed by atoms with van der Waals surface area (Å²) in [6, 6.07) is 0. The van der Waals surface area contributed by atoms with Crippen LogP contribution in [0.15, 0.2) is 48.6 Å². The molecular weight excluding hydrogens is 468 g/mol. The third kappa shape index (κ3) is 8.91. The summed E-state index contributed by atoms with van der Waals surface area (Å²) < 4.78 is 17.7. The first kappa shape index (κ1) is 28.3. The van der Waals surface area contributed by atoms with Crippen molar-refractivity contribution in [3.63, 3.8) is 0 Å². The van der Waals surface area contributed by atoms with Gasteiger partial charge in [-0.1, -0.05) is 69.2 Å². The molecule has 0 aromatic carbocycles. The molecule has 1 aliphatic carbocycles. The number of cyclic esters (lactones) is 1. The van der Waals surface area contributed by atoms with Crippen LogP contribution < -0.4 is 0 Å². The van der Waals surface area contributed by atoms with Crippen molar-refractivity contribution in [1.82, 2.24) is 0 Å². The van der Waals surface area contributed by atoms with Crippen LogP contribution in [0.3, 0.4) is 0 Å². The largest absolute Gasteiger partial charge is 0.456 e. The van der Waals surface area contributed by atoms with Gasteiger partial charge in [0.2, 0.25) is 0 Å². The van der Waals surface area contributed by atoms with Crippen molar-refractivity contribution in [2.45, 2.75) is 121 Å². The zero-order valence-corrected chi connectivity index (χ0v) is 22.5. The van der Waals surface area contributed by atoms with Gasteiger partial charge in [-0.2, -0.15) is 0 Å². The number of aliphatic hydroxyl groups excluding tert-OH is 2. The first-order valence-electron chi connectivity index (χ1n) is 14.3. The highest BCUT2D eigenvalue weighted by molar-refractivity contribution is 5.82. The fraction of sp³-hybridized carbons (Fsp3) is 0.710. The molecule has 1 saturated heterocycles. The number of epoxide rings is 1. The van der Waals surface area contributed by atoms with Crippen LogP contribution in [0.2, 0.25) is 0 Å². The SMILES string of the molecule is C=C1C[C@H](C)C[C@@H]2CC=C[C@@H](CC=CC(=O)OC([C@@H](O)C=CC3CCCC(C)C3)C[C@@H]3O[C@H]3[C@@H](O)C1)O2. The Balaban J connectivity index is 1.44. The number of aliphatic hydroxyl groups is 2. The second-order valence-electron chi connectivity index (χ2n) is 11.9. The van der Waals surface area contributed by atoms with Crippen LogP contribution in [-0.4, -0.2) is 58.9 Å². The van der Waals surface area contributed by atoms with E-state index in [-0.39, 0.29) is 24.4 Å². The molecule has 0 amide bonds. The molecule has 3 heterocycles. The van der Waals surface area contributed by atoms with Gasteiger partial charge in [-0.3, -0.25) is 0 Å². The maximum absolute atomic E-state index is 12.7. The topological polar surface area (TPSA) is 88.5 Å². The molecule has 10 atom stereocenters. The third-order valence-electron chi connectivity index (χ3n) is 8.21. The van der Waals surface area contributed by atoms with Gasteiger partial charge in [0, 0.05) is 12.5 Å². The lowest BCUT2D eigenvalue weighted by atomic mass is 9.82. The molecule has 1 saturated carbocycles. The lowest BCUT2D eigenvalue weighted by molar-refractivity contribution is -0.148. The van der Waals surface area contributed by atoms with E-state index in [1.54, 1.807) is 12.2 Å². The quantitative estimate of drug-likeness (QED) is 0.306. The van der Waals surface area contributed by atoms with Crippen LogP contribution in [0.1, 0.15) is 78.1 Å². The third-order valence-corrected chi connectivity index (χ3v) is 8.21. The standard InChI is InChI=1S/C31H46O6/c1-20-7-4-8-23(16-20)13-14-26(32)28-19-29-31(37-29)27(33)18-22(3)15-21(2)17-25-11-5-9-24(35-25)10-6-12-30(34)36-28/h5-6,9,12-14,20-21,23-29,31-33H,3-4,7-8,10-11,15-19H2,1-2H3/t20?,21-,23?,24-,25-,26-,27-,28?,29-,31-/m0/s1. The van der Waals surface area contributed by atoms with Crippen LogP contribution >= 0.6 is 0 Å². The first-order chi connectivity index (χ1) is 17.8. The highest BCUT2D eigenvalue weighted by Gasteiger charge is 2.46. The molecule has 206 valence electrons. The smallest absolute Gasteiger partial charge is 0.330 e. The molecule has 3 aliphatic heterocycles. The van der Waals surface area contributed by atoms with E-state index in [1.807, 2.05) is 0 Å². The maximum atomic E-state index is 12.7. The minimum Gasteiger partial charge on any atom is -0.456 e. The zero-order chi connectivity index (χ0) is 26.4. The highest BCUT2D eigenvalue weighted by Crippen LogP contribution is 2.35. The Morgan fingerprint density at radius 1 is 1.05 bits per heavy atom. The molecule has 0 aromatic rings. The second-order valence-corrected chi connectivity index (χ2v) is 11.9. The minimum absolute atomic E-state index is 0.0678. The van der Waals surface area contributed by atoms with E-state index in [0.29, 0.717) is 37.0 Å². The van der Waals surface area contributed by atoms with Crippen LogP contribution in [-0.2, 0) is 19.0 Å². The predicted octanol–water partition coefficient (Wildman–Crippen LogP) is 5.20. The van der Waals surface area contributed by atoms with E-state index in [4.69, 9.17) is 14.2 Å². The summed E-state index contributed by atoms with van der Waals surface area (Å²) in [5.74, 6) is 1.05. The number of esters is 1.